The molecule has 1 unspecified atom stereocenters. The molecule has 0 bridgehead atoms. The zero-order valence-electron chi connectivity index (χ0n) is 10.3. The van der Waals surface area contributed by atoms with Crippen LogP contribution in [0.25, 0.3) is 0 Å². The maximum atomic E-state index is 11.4. The summed E-state index contributed by atoms with van der Waals surface area (Å²) in [5.41, 5.74) is 1.98. The summed E-state index contributed by atoms with van der Waals surface area (Å²) in [6, 6.07) is 11.8. The minimum absolute atomic E-state index is 0.409. The van der Waals surface area contributed by atoms with Crippen molar-refractivity contribution < 1.29 is 9.90 Å². The molecule has 0 radical (unpaired) electrons. The van der Waals surface area contributed by atoms with E-state index in [0.29, 0.717) is 6.42 Å². The lowest BCUT2D eigenvalue weighted by Gasteiger charge is -2.14. The van der Waals surface area contributed by atoms with Gasteiger partial charge in [-0.1, -0.05) is 30.3 Å². The van der Waals surface area contributed by atoms with E-state index in [2.05, 4.69) is 6.07 Å². The average molecular weight is 260 g/mol. The molecule has 0 saturated carbocycles. The first-order valence-corrected chi connectivity index (χ1v) is 6.87. The van der Waals surface area contributed by atoms with E-state index in [9.17, 15) is 9.90 Å². The number of carboxylic acid groups (broad SMARTS) is 1. The van der Waals surface area contributed by atoms with E-state index in [4.69, 9.17) is 0 Å². The molecule has 0 spiro atoms. The molecule has 18 heavy (non-hydrogen) atoms. The average Bonchev–Trinajstić information content (AvgIpc) is 2.84. The van der Waals surface area contributed by atoms with Crippen LogP contribution in [0.3, 0.4) is 0 Å². The molecule has 1 aromatic carbocycles. The molecule has 0 saturated heterocycles. The molecule has 0 fully saturated rings. The molecule has 2 aromatic rings. The van der Waals surface area contributed by atoms with Crippen molar-refractivity contribution >= 4 is 17.3 Å². The van der Waals surface area contributed by atoms with Gasteiger partial charge in [0.2, 0.25) is 0 Å². The van der Waals surface area contributed by atoms with Gasteiger partial charge in [0.05, 0.1) is 5.92 Å². The Morgan fingerprint density at radius 3 is 2.67 bits per heavy atom. The number of rotatable bonds is 5. The first kappa shape index (κ1) is 12.8. The molecule has 1 heterocycles. The van der Waals surface area contributed by atoms with Gasteiger partial charge in [-0.05, 0) is 42.3 Å². The van der Waals surface area contributed by atoms with E-state index in [1.807, 2.05) is 42.6 Å². The number of hydrogen-bond acceptors (Lipinski definition) is 2. The van der Waals surface area contributed by atoms with E-state index in [-0.39, 0.29) is 0 Å². The lowest BCUT2D eigenvalue weighted by atomic mass is 9.91. The first-order chi connectivity index (χ1) is 8.68. The van der Waals surface area contributed by atoms with Gasteiger partial charge in [-0.15, -0.1) is 11.3 Å². The van der Waals surface area contributed by atoms with Gasteiger partial charge in [0.15, 0.2) is 0 Å². The van der Waals surface area contributed by atoms with Crippen molar-refractivity contribution in [1.82, 2.24) is 0 Å². The summed E-state index contributed by atoms with van der Waals surface area (Å²) in [7, 11) is 0. The molecule has 1 aromatic heterocycles. The molecular weight excluding hydrogens is 244 g/mol. The summed E-state index contributed by atoms with van der Waals surface area (Å²) in [5.74, 6) is -1.14. The molecule has 1 atom stereocenters. The Balaban J connectivity index is 2.14. The number of aliphatic carboxylic acids is 1. The second kappa shape index (κ2) is 5.83. The topological polar surface area (TPSA) is 37.3 Å². The number of thiophene rings is 1. The molecule has 0 amide bonds. The fraction of sp³-hybridized carbons (Fsp3) is 0.267. The van der Waals surface area contributed by atoms with Crippen LogP contribution in [0.5, 0.6) is 0 Å². The summed E-state index contributed by atoms with van der Waals surface area (Å²) in [5, 5.41) is 11.4. The van der Waals surface area contributed by atoms with Gasteiger partial charge >= 0.3 is 5.97 Å². The number of aryl methyl sites for hydroxylation is 2. The summed E-state index contributed by atoms with van der Waals surface area (Å²) >= 11 is 1.68. The number of carbonyl (C=O) groups is 1. The van der Waals surface area contributed by atoms with Crippen LogP contribution < -0.4 is 0 Å². The molecule has 1 N–H and O–H groups in total. The Bertz CT molecular complexity index is 517. The van der Waals surface area contributed by atoms with Gasteiger partial charge < -0.3 is 5.11 Å². The molecule has 2 rings (SSSR count). The van der Waals surface area contributed by atoms with Crippen molar-refractivity contribution in [2.24, 2.45) is 0 Å². The molecule has 94 valence electrons. The van der Waals surface area contributed by atoms with Crippen LogP contribution in [-0.2, 0) is 11.2 Å². The van der Waals surface area contributed by atoms with Crippen molar-refractivity contribution in [2.45, 2.75) is 25.7 Å². The summed E-state index contributed by atoms with van der Waals surface area (Å²) < 4.78 is 0. The third kappa shape index (κ3) is 2.99. The maximum Gasteiger partial charge on any atom is 0.310 e. The van der Waals surface area contributed by atoms with Crippen molar-refractivity contribution in [3.8, 4) is 0 Å². The third-order valence-electron chi connectivity index (χ3n) is 3.12. The Labute approximate surface area is 111 Å². The van der Waals surface area contributed by atoms with Crippen molar-refractivity contribution in [3.63, 3.8) is 0 Å². The minimum Gasteiger partial charge on any atom is -0.481 e. The third-order valence-corrected chi connectivity index (χ3v) is 4.06. The van der Waals surface area contributed by atoms with E-state index in [1.165, 1.54) is 4.88 Å². The van der Waals surface area contributed by atoms with Crippen LogP contribution >= 0.6 is 11.3 Å². The highest BCUT2D eigenvalue weighted by Crippen LogP contribution is 2.26. The van der Waals surface area contributed by atoms with Crippen LogP contribution in [-0.4, -0.2) is 11.1 Å². The van der Waals surface area contributed by atoms with Gasteiger partial charge in [0.1, 0.15) is 0 Å². The highest BCUT2D eigenvalue weighted by Gasteiger charge is 2.21. The molecule has 0 aliphatic carbocycles. The summed E-state index contributed by atoms with van der Waals surface area (Å²) in [6.45, 7) is 1.97. The molecule has 2 nitrogen and oxygen atoms in total. The lowest BCUT2D eigenvalue weighted by Crippen LogP contribution is -2.13. The molecule has 0 aliphatic rings. The van der Waals surface area contributed by atoms with Crippen LogP contribution in [0.15, 0.2) is 41.8 Å². The summed E-state index contributed by atoms with van der Waals surface area (Å²) in [6.07, 6.45) is 1.48. The molecule has 0 aliphatic heterocycles. The van der Waals surface area contributed by atoms with Crippen molar-refractivity contribution in [3.05, 3.63) is 57.8 Å². The van der Waals surface area contributed by atoms with Crippen LogP contribution in [0.1, 0.15) is 28.3 Å². The maximum absolute atomic E-state index is 11.4. The first-order valence-electron chi connectivity index (χ1n) is 5.99. The van der Waals surface area contributed by atoms with E-state index < -0.39 is 11.9 Å². The van der Waals surface area contributed by atoms with Gasteiger partial charge in [-0.25, -0.2) is 0 Å². The predicted molar refractivity (Wildman–Crippen MR) is 74.2 cm³/mol. The largest absolute Gasteiger partial charge is 0.481 e. The zero-order valence-corrected chi connectivity index (χ0v) is 11.1. The van der Waals surface area contributed by atoms with E-state index >= 15 is 0 Å². The van der Waals surface area contributed by atoms with Crippen LogP contribution in [0.4, 0.5) is 0 Å². The minimum atomic E-state index is -0.735. The predicted octanol–water partition coefficient (Wildman–Crippen LogP) is 3.86. The quantitative estimate of drug-likeness (QED) is 0.886. The van der Waals surface area contributed by atoms with Gasteiger partial charge in [0.25, 0.3) is 0 Å². The van der Waals surface area contributed by atoms with Crippen molar-refractivity contribution in [2.75, 3.05) is 0 Å². The zero-order chi connectivity index (χ0) is 13.0. The lowest BCUT2D eigenvalue weighted by molar-refractivity contribution is -0.139. The number of carboxylic acids is 1. The van der Waals surface area contributed by atoms with Crippen LogP contribution in [0, 0.1) is 6.92 Å². The van der Waals surface area contributed by atoms with Gasteiger partial charge in [0, 0.05) is 4.88 Å². The second-order valence-corrected chi connectivity index (χ2v) is 5.40. The van der Waals surface area contributed by atoms with Crippen molar-refractivity contribution in [1.29, 1.82) is 0 Å². The highest BCUT2D eigenvalue weighted by atomic mass is 32.1. The highest BCUT2D eigenvalue weighted by molar-refractivity contribution is 7.09. The SMILES string of the molecule is Cc1ccccc1C(CCc1cccs1)C(=O)O. The fourth-order valence-electron chi connectivity index (χ4n) is 2.13. The Hall–Kier alpha value is -1.61. The van der Waals surface area contributed by atoms with Gasteiger partial charge in [-0.3, -0.25) is 4.79 Å². The molecule has 3 heteroatoms. The normalized spacial score (nSPS) is 12.3. The monoisotopic (exact) mass is 260 g/mol. The Kier molecular flexibility index (Phi) is 4.15. The van der Waals surface area contributed by atoms with E-state index in [0.717, 1.165) is 17.5 Å². The number of benzene rings is 1. The Morgan fingerprint density at radius 1 is 1.28 bits per heavy atom. The molecular formula is C15H16O2S. The van der Waals surface area contributed by atoms with E-state index in [1.54, 1.807) is 11.3 Å². The summed E-state index contributed by atoms with van der Waals surface area (Å²) in [4.78, 5) is 12.7. The number of hydrogen-bond donors (Lipinski definition) is 1. The standard InChI is InChI=1S/C15H16O2S/c1-11-5-2-3-7-13(11)14(15(16)17)9-8-12-6-4-10-18-12/h2-7,10,14H,8-9H2,1H3,(H,16,17). The Morgan fingerprint density at radius 2 is 2.06 bits per heavy atom. The second-order valence-electron chi connectivity index (χ2n) is 4.37. The smallest absolute Gasteiger partial charge is 0.310 e. The fourth-order valence-corrected chi connectivity index (χ4v) is 2.86. The van der Waals surface area contributed by atoms with Crippen LogP contribution in [0.2, 0.25) is 0 Å². The van der Waals surface area contributed by atoms with Gasteiger partial charge in [-0.2, -0.15) is 0 Å².